The first-order valence-electron chi connectivity index (χ1n) is 12.3. The molecule has 3 heterocycles. The summed E-state index contributed by atoms with van der Waals surface area (Å²) in [6, 6.07) is 19.4. The number of hydrogen-bond acceptors (Lipinski definition) is 2. The number of amides is 1. The molecule has 0 saturated carbocycles. The summed E-state index contributed by atoms with van der Waals surface area (Å²) in [4.78, 5) is 19.9. The topological polar surface area (TPSA) is 48.1 Å². The molecule has 1 fully saturated rings. The fourth-order valence-electron chi connectivity index (χ4n) is 6.45. The maximum absolute atomic E-state index is 13.4. The Hall–Kier alpha value is -2.59. The van der Waals surface area contributed by atoms with Gasteiger partial charge >= 0.3 is 0 Å². The van der Waals surface area contributed by atoms with Gasteiger partial charge in [0.15, 0.2) is 0 Å². The summed E-state index contributed by atoms with van der Waals surface area (Å²) in [7, 11) is 0. The maximum atomic E-state index is 13.4. The predicted molar refractivity (Wildman–Crippen MR) is 131 cm³/mol. The van der Waals surface area contributed by atoms with Crippen LogP contribution >= 0.6 is 0 Å². The molecule has 0 spiro atoms. The molecule has 1 saturated heterocycles. The van der Waals surface area contributed by atoms with Crippen molar-refractivity contribution in [2.45, 2.75) is 52.0 Å². The maximum Gasteiger partial charge on any atom is 0.223 e. The lowest BCUT2D eigenvalue weighted by Gasteiger charge is -2.54. The number of benzene rings is 2. The van der Waals surface area contributed by atoms with Crippen LogP contribution in [0.15, 0.2) is 54.6 Å². The van der Waals surface area contributed by atoms with Crippen molar-refractivity contribution >= 4 is 16.8 Å². The minimum atomic E-state index is -0.0505. The Morgan fingerprint density at radius 2 is 1.94 bits per heavy atom. The molecular formula is C28H35N3O. The van der Waals surface area contributed by atoms with Crippen molar-refractivity contribution in [1.82, 2.24) is 15.2 Å². The van der Waals surface area contributed by atoms with Crippen LogP contribution in [0.2, 0.25) is 0 Å². The highest BCUT2D eigenvalue weighted by atomic mass is 16.1. The molecule has 2 aliphatic heterocycles. The Labute approximate surface area is 191 Å². The van der Waals surface area contributed by atoms with Gasteiger partial charge in [-0.15, -0.1) is 0 Å². The number of aromatic amines is 1. The fraction of sp³-hybridized carbons (Fsp3) is 0.464. The second-order valence-electron chi connectivity index (χ2n) is 9.69. The van der Waals surface area contributed by atoms with Crippen LogP contribution in [-0.2, 0) is 17.6 Å². The number of carbonyl (C=O) groups excluding carboxylic acids is 1. The zero-order chi connectivity index (χ0) is 22.1. The molecule has 2 aromatic carbocycles. The van der Waals surface area contributed by atoms with E-state index in [1.807, 2.05) is 6.07 Å². The number of aromatic nitrogens is 1. The third-order valence-corrected chi connectivity index (χ3v) is 8.24. The molecule has 1 unspecified atom stereocenters. The van der Waals surface area contributed by atoms with Crippen LogP contribution in [-0.4, -0.2) is 35.4 Å². The first-order chi connectivity index (χ1) is 15.6. The molecule has 5 rings (SSSR count). The lowest BCUT2D eigenvalue weighted by molar-refractivity contribution is -0.134. The summed E-state index contributed by atoms with van der Waals surface area (Å²) in [5.41, 5.74) is 5.28. The smallest absolute Gasteiger partial charge is 0.223 e. The highest BCUT2D eigenvalue weighted by Gasteiger charge is 2.52. The van der Waals surface area contributed by atoms with Crippen molar-refractivity contribution in [1.29, 1.82) is 0 Å². The molecule has 32 heavy (non-hydrogen) atoms. The van der Waals surface area contributed by atoms with E-state index in [-0.39, 0.29) is 23.3 Å². The van der Waals surface area contributed by atoms with Gasteiger partial charge in [-0.05, 0) is 55.8 Å². The minimum Gasteiger partial charge on any atom is -0.357 e. The molecule has 0 aliphatic carbocycles. The SMILES string of the molecule is CC[C@@]1(C(C)C(=O)NCCc2ccccc2)CCCN2CCc3c([nH]c4ccccc34)[C@@H]21. The normalized spacial score (nSPS) is 24.0. The lowest BCUT2D eigenvalue weighted by atomic mass is 9.61. The third kappa shape index (κ3) is 3.55. The van der Waals surface area contributed by atoms with Crippen LogP contribution < -0.4 is 5.32 Å². The number of nitrogens with zero attached hydrogens (tertiary/aromatic N) is 1. The Bertz CT molecular complexity index is 1090. The summed E-state index contributed by atoms with van der Waals surface area (Å²) in [5, 5.41) is 4.62. The minimum absolute atomic E-state index is 0.0339. The molecule has 4 heteroatoms. The predicted octanol–water partition coefficient (Wildman–Crippen LogP) is 5.25. The second-order valence-corrected chi connectivity index (χ2v) is 9.69. The molecule has 1 amide bonds. The van der Waals surface area contributed by atoms with E-state index in [1.165, 1.54) is 34.1 Å². The summed E-state index contributed by atoms with van der Waals surface area (Å²) in [6.45, 7) is 7.36. The van der Waals surface area contributed by atoms with Gasteiger partial charge in [0.1, 0.15) is 0 Å². The van der Waals surface area contributed by atoms with Gasteiger partial charge < -0.3 is 10.3 Å². The van der Waals surface area contributed by atoms with Gasteiger partial charge in [0.05, 0.1) is 6.04 Å². The largest absolute Gasteiger partial charge is 0.357 e. The number of hydrogen-bond donors (Lipinski definition) is 2. The van der Waals surface area contributed by atoms with Crippen LogP contribution in [0, 0.1) is 11.3 Å². The van der Waals surface area contributed by atoms with E-state index >= 15 is 0 Å². The standard InChI is InChI=1S/C28H35N3O/c1-3-28(20(2)27(32)29-17-14-21-10-5-4-6-11-21)16-9-18-31-19-15-23-22-12-7-8-13-24(22)30-25(23)26(28)31/h4-8,10-13,20,26,30H,3,9,14-19H2,1-2H3,(H,29,32)/t20?,26-,28+/m1/s1. The number of H-pyrrole nitrogens is 1. The van der Waals surface area contributed by atoms with Gasteiger partial charge in [-0.2, -0.15) is 0 Å². The lowest BCUT2D eigenvalue weighted by Crippen LogP contribution is -2.54. The van der Waals surface area contributed by atoms with Crippen LogP contribution in [0.4, 0.5) is 0 Å². The summed E-state index contributed by atoms with van der Waals surface area (Å²) in [6.07, 6.45) is 5.25. The van der Waals surface area contributed by atoms with Crippen molar-refractivity contribution < 1.29 is 4.79 Å². The van der Waals surface area contributed by atoms with Gasteiger partial charge in [-0.3, -0.25) is 9.69 Å². The molecule has 3 atom stereocenters. The van der Waals surface area contributed by atoms with Crippen LogP contribution in [0.3, 0.4) is 0 Å². The molecule has 0 bridgehead atoms. The molecule has 1 aromatic heterocycles. The van der Waals surface area contributed by atoms with Gasteiger partial charge in [-0.25, -0.2) is 0 Å². The molecule has 3 aromatic rings. The Balaban J connectivity index is 1.42. The van der Waals surface area contributed by atoms with Crippen LogP contribution in [0.25, 0.3) is 10.9 Å². The highest BCUT2D eigenvalue weighted by Crippen LogP contribution is 2.55. The van der Waals surface area contributed by atoms with Gasteiger partial charge in [0, 0.05) is 41.0 Å². The van der Waals surface area contributed by atoms with Crippen LogP contribution in [0.1, 0.15) is 56.0 Å². The zero-order valence-corrected chi connectivity index (χ0v) is 19.4. The Morgan fingerprint density at radius 3 is 2.75 bits per heavy atom. The second kappa shape index (κ2) is 8.74. The van der Waals surface area contributed by atoms with Crippen molar-refractivity contribution in [2.75, 3.05) is 19.6 Å². The average Bonchev–Trinajstić information content (AvgIpc) is 3.22. The van der Waals surface area contributed by atoms with Crippen molar-refractivity contribution in [3.05, 3.63) is 71.4 Å². The average molecular weight is 430 g/mol. The van der Waals surface area contributed by atoms with Gasteiger partial charge in [0.25, 0.3) is 0 Å². The number of fused-ring (bicyclic) bond motifs is 5. The van der Waals surface area contributed by atoms with Crippen molar-refractivity contribution in [3.63, 3.8) is 0 Å². The number of nitrogens with one attached hydrogen (secondary N) is 2. The van der Waals surface area contributed by atoms with Gasteiger partial charge in [0.2, 0.25) is 5.91 Å². The molecule has 0 radical (unpaired) electrons. The van der Waals surface area contributed by atoms with E-state index in [9.17, 15) is 4.79 Å². The van der Waals surface area contributed by atoms with Crippen molar-refractivity contribution in [3.8, 4) is 0 Å². The highest BCUT2D eigenvalue weighted by molar-refractivity contribution is 5.85. The fourth-order valence-corrected chi connectivity index (χ4v) is 6.45. The quantitative estimate of drug-likeness (QED) is 0.562. The number of rotatable bonds is 6. The monoisotopic (exact) mass is 429 g/mol. The molecule has 168 valence electrons. The summed E-state index contributed by atoms with van der Waals surface area (Å²) in [5.74, 6) is 0.168. The van der Waals surface area contributed by atoms with E-state index in [0.29, 0.717) is 6.54 Å². The van der Waals surface area contributed by atoms with Crippen molar-refractivity contribution in [2.24, 2.45) is 11.3 Å². The molecule has 2 N–H and O–H groups in total. The Kier molecular flexibility index (Phi) is 5.81. The number of carbonyl (C=O) groups is 1. The molecular weight excluding hydrogens is 394 g/mol. The first kappa shape index (κ1) is 21.3. The third-order valence-electron chi connectivity index (χ3n) is 8.24. The number of para-hydroxylation sites is 1. The van der Waals surface area contributed by atoms with E-state index in [4.69, 9.17) is 0 Å². The van der Waals surface area contributed by atoms with E-state index in [0.717, 1.165) is 38.8 Å². The van der Waals surface area contributed by atoms with E-state index in [1.54, 1.807) is 0 Å². The zero-order valence-electron chi connectivity index (χ0n) is 19.4. The van der Waals surface area contributed by atoms with E-state index < -0.39 is 0 Å². The Morgan fingerprint density at radius 1 is 1.16 bits per heavy atom. The molecule has 4 nitrogen and oxygen atoms in total. The van der Waals surface area contributed by atoms with Gasteiger partial charge in [-0.1, -0.05) is 62.4 Å². The van der Waals surface area contributed by atoms with Crippen LogP contribution in [0.5, 0.6) is 0 Å². The summed E-state index contributed by atoms with van der Waals surface area (Å²) >= 11 is 0. The first-order valence-corrected chi connectivity index (χ1v) is 12.3. The number of piperidine rings is 1. The summed E-state index contributed by atoms with van der Waals surface area (Å²) < 4.78 is 0. The van der Waals surface area contributed by atoms with E-state index in [2.05, 4.69) is 77.6 Å². The molecule has 2 aliphatic rings.